The van der Waals surface area contributed by atoms with Gasteiger partial charge in [0, 0.05) is 48.4 Å². The summed E-state index contributed by atoms with van der Waals surface area (Å²) in [4.78, 5) is 60.0. The molecule has 10 nitrogen and oxygen atoms in total. The molecule has 0 spiro atoms. The Kier molecular flexibility index (Phi) is 16.6. The van der Waals surface area contributed by atoms with Crippen LogP contribution in [0.3, 0.4) is 0 Å². The van der Waals surface area contributed by atoms with Crippen molar-refractivity contribution in [3.63, 3.8) is 0 Å². The summed E-state index contributed by atoms with van der Waals surface area (Å²) in [5, 5.41) is 4.98. The highest BCUT2D eigenvalue weighted by Gasteiger charge is 2.37. The number of aromatic amines is 1. The number of carbonyl (C=O) groups excluding carboxylic acids is 3. The van der Waals surface area contributed by atoms with Gasteiger partial charge in [0.15, 0.2) is 0 Å². The molecule has 6 rings (SSSR count). The Morgan fingerprint density at radius 3 is 1.85 bits per heavy atom. The number of imidazole rings is 1. The van der Waals surface area contributed by atoms with Gasteiger partial charge in [-0.05, 0) is 66.0 Å². The molecule has 2 N–H and O–H groups in total. The van der Waals surface area contributed by atoms with E-state index in [0.29, 0.717) is 18.9 Å². The second-order valence-corrected chi connectivity index (χ2v) is 14.2. The molecule has 2 aliphatic rings. The van der Waals surface area contributed by atoms with E-state index in [-0.39, 0.29) is 101 Å². The molecular weight excluding hydrogens is 731 g/mol. The molecule has 2 aromatic heterocycles. The van der Waals surface area contributed by atoms with Crippen LogP contribution in [-0.2, 0) is 14.4 Å². The summed E-state index contributed by atoms with van der Waals surface area (Å²) < 4.78 is 0. The van der Waals surface area contributed by atoms with Gasteiger partial charge in [0.2, 0.25) is 23.7 Å². The van der Waals surface area contributed by atoms with Crippen LogP contribution in [0.2, 0.25) is 0 Å². The number of rotatable bonds is 9. The van der Waals surface area contributed by atoms with Gasteiger partial charge in [0.05, 0.1) is 17.9 Å². The van der Waals surface area contributed by atoms with Gasteiger partial charge >= 0.3 is 0 Å². The third kappa shape index (κ3) is 9.47. The maximum atomic E-state index is 13.1. The minimum atomic E-state index is -0.499. The number of benzene rings is 2. The molecule has 52 heavy (non-hydrogen) atoms. The van der Waals surface area contributed by atoms with Crippen LogP contribution in [0.15, 0.2) is 55.0 Å². The molecule has 1 unspecified atom stereocenters. The second-order valence-electron chi connectivity index (χ2n) is 14.2. The number of carbonyl (C=O) groups is 3. The number of amides is 3. The molecule has 0 radical (unpaired) electrons. The number of hydrogen-bond donors (Lipinski definition) is 2. The third-order valence-electron chi connectivity index (χ3n) is 10.4. The predicted octanol–water partition coefficient (Wildman–Crippen LogP) is 7.32. The topological polar surface area (TPSA) is 124 Å². The molecule has 4 aromatic rings. The van der Waals surface area contributed by atoms with Crippen LogP contribution in [-0.4, -0.2) is 66.6 Å². The minimum absolute atomic E-state index is 0. The van der Waals surface area contributed by atoms with Gasteiger partial charge in [-0.25, -0.2) is 15.0 Å². The molecule has 0 saturated carbocycles. The van der Waals surface area contributed by atoms with Gasteiger partial charge in [0.25, 0.3) is 0 Å². The van der Waals surface area contributed by atoms with Crippen molar-refractivity contribution in [3.8, 4) is 22.4 Å². The van der Waals surface area contributed by atoms with E-state index in [2.05, 4.69) is 64.4 Å². The zero-order valence-electron chi connectivity index (χ0n) is 30.9. The van der Waals surface area contributed by atoms with Crippen molar-refractivity contribution < 1.29 is 14.4 Å². The van der Waals surface area contributed by atoms with Crippen molar-refractivity contribution in [2.45, 2.75) is 79.3 Å². The molecule has 3 amide bonds. The molecule has 2 fully saturated rings. The molecule has 4 heterocycles. The molecule has 0 aliphatic carbocycles. The Labute approximate surface area is 335 Å². The maximum Gasteiger partial charge on any atom is 0.249 e. The van der Waals surface area contributed by atoms with Crippen LogP contribution in [0, 0.1) is 23.7 Å². The summed E-state index contributed by atoms with van der Waals surface area (Å²) in [6.07, 6.45) is 8.63. The Bertz CT molecular complexity index is 1820. The fraction of sp³-hybridized carbons (Fsp3) is 0.474. The molecule has 0 bridgehead atoms. The summed E-state index contributed by atoms with van der Waals surface area (Å²) >= 11 is 0. The SMILES string of the molecule is CC(C)[C@H](C)C(=O)N1CCCC1C(=O)Nc1ncc(-c2ccc3cc(-c4cnc([C@@H]5CCCN5C(=O)[C@@H](C)C(C)C)[nH]4)ccc3c2)cn1.S.S.S.S. The summed E-state index contributed by atoms with van der Waals surface area (Å²) in [6, 6.07) is 12.0. The Hall–Kier alpha value is -3.20. The first kappa shape index (κ1) is 45.0. The lowest BCUT2D eigenvalue weighted by molar-refractivity contribution is -0.140. The highest BCUT2D eigenvalue weighted by Crippen LogP contribution is 2.34. The van der Waals surface area contributed by atoms with Gasteiger partial charge in [-0.1, -0.05) is 65.8 Å². The van der Waals surface area contributed by atoms with Crippen molar-refractivity contribution in [2.24, 2.45) is 23.7 Å². The highest BCUT2D eigenvalue weighted by atomic mass is 32.1. The number of nitrogens with one attached hydrogen (secondary N) is 2. The van der Waals surface area contributed by atoms with Crippen molar-refractivity contribution >= 4 is 88.4 Å². The second kappa shape index (κ2) is 19.2. The minimum Gasteiger partial charge on any atom is -0.340 e. The van der Waals surface area contributed by atoms with Crippen molar-refractivity contribution in [1.82, 2.24) is 29.7 Å². The normalized spacial score (nSPS) is 17.8. The molecular formula is C38H55N7O3S4. The molecule has 2 saturated heterocycles. The first-order chi connectivity index (χ1) is 23.0. The van der Waals surface area contributed by atoms with Gasteiger partial charge in [-0.3, -0.25) is 19.7 Å². The van der Waals surface area contributed by atoms with Crippen LogP contribution in [0.1, 0.15) is 79.1 Å². The highest BCUT2D eigenvalue weighted by molar-refractivity contribution is 7.59. The quantitative estimate of drug-likeness (QED) is 0.184. The maximum absolute atomic E-state index is 13.1. The standard InChI is InChI=1S/C38H47N7O3.4H2S/c1-22(2)24(5)36(47)44-15-7-9-32(44)34-39-21-31(42-34)29-14-13-26-17-28(12-11-27(26)18-29)30-19-40-38(41-20-30)43-35(46)33-10-8-16-45(33)37(48)25(6)23(3)4;;;;/h11-14,17-25,32-33H,7-10,15-16H2,1-6H3,(H,39,42)(H,40,41,43,46);4*1H2/t24-,25-,32-,33?;;;;/m0..../s1. The van der Waals surface area contributed by atoms with E-state index < -0.39 is 6.04 Å². The van der Waals surface area contributed by atoms with E-state index in [0.717, 1.165) is 64.8 Å². The lowest BCUT2D eigenvalue weighted by Gasteiger charge is -2.28. The van der Waals surface area contributed by atoms with Crippen molar-refractivity contribution in [1.29, 1.82) is 0 Å². The van der Waals surface area contributed by atoms with Crippen LogP contribution < -0.4 is 5.32 Å². The number of H-pyrrole nitrogens is 1. The van der Waals surface area contributed by atoms with Gasteiger partial charge < -0.3 is 14.8 Å². The van der Waals surface area contributed by atoms with Crippen LogP contribution >= 0.6 is 54.0 Å². The van der Waals surface area contributed by atoms with Crippen molar-refractivity contribution in [2.75, 3.05) is 18.4 Å². The van der Waals surface area contributed by atoms with Gasteiger partial charge in [-0.15, -0.1) is 0 Å². The fourth-order valence-electron chi connectivity index (χ4n) is 6.69. The zero-order chi connectivity index (χ0) is 34.1. The van der Waals surface area contributed by atoms with E-state index in [9.17, 15) is 14.4 Å². The smallest absolute Gasteiger partial charge is 0.249 e. The van der Waals surface area contributed by atoms with E-state index >= 15 is 0 Å². The number of aromatic nitrogens is 4. The Morgan fingerprint density at radius 2 is 1.23 bits per heavy atom. The molecule has 4 atom stereocenters. The summed E-state index contributed by atoms with van der Waals surface area (Å²) in [7, 11) is 0. The van der Waals surface area contributed by atoms with E-state index in [4.69, 9.17) is 4.98 Å². The molecule has 2 aliphatic heterocycles. The largest absolute Gasteiger partial charge is 0.340 e. The van der Waals surface area contributed by atoms with Crippen molar-refractivity contribution in [3.05, 3.63) is 60.8 Å². The summed E-state index contributed by atoms with van der Waals surface area (Å²) in [5.74, 6) is 1.42. The summed E-state index contributed by atoms with van der Waals surface area (Å²) in [6.45, 7) is 13.5. The van der Waals surface area contributed by atoms with Crippen LogP contribution in [0.25, 0.3) is 33.2 Å². The average Bonchev–Trinajstić information content (AvgIpc) is 3.88. The number of likely N-dealkylation sites (tertiary alicyclic amines) is 2. The number of hydrogen-bond acceptors (Lipinski definition) is 6. The Morgan fingerprint density at radius 1 is 0.692 bits per heavy atom. The molecule has 14 heteroatoms. The number of fused-ring (bicyclic) bond motifs is 1. The van der Waals surface area contributed by atoms with E-state index in [1.54, 1.807) is 17.3 Å². The number of anilines is 1. The number of nitrogens with zero attached hydrogens (tertiary/aromatic N) is 5. The van der Waals surface area contributed by atoms with Crippen LogP contribution in [0.4, 0.5) is 5.95 Å². The Balaban J connectivity index is 0.00000234. The average molecular weight is 786 g/mol. The van der Waals surface area contributed by atoms with E-state index in [1.165, 1.54) is 0 Å². The first-order valence-electron chi connectivity index (χ1n) is 17.3. The molecule has 2 aromatic carbocycles. The van der Waals surface area contributed by atoms with Gasteiger partial charge in [-0.2, -0.15) is 54.0 Å². The monoisotopic (exact) mass is 785 g/mol. The zero-order valence-corrected chi connectivity index (χ0v) is 34.9. The molecule has 284 valence electrons. The van der Waals surface area contributed by atoms with Gasteiger partial charge in [0.1, 0.15) is 11.9 Å². The predicted molar refractivity (Wildman–Crippen MR) is 229 cm³/mol. The fourth-order valence-corrected chi connectivity index (χ4v) is 6.69. The lowest BCUT2D eigenvalue weighted by atomic mass is 9.96. The first-order valence-corrected chi connectivity index (χ1v) is 17.3. The third-order valence-corrected chi connectivity index (χ3v) is 10.4. The lowest BCUT2D eigenvalue weighted by Crippen LogP contribution is -2.46. The van der Waals surface area contributed by atoms with E-state index in [1.807, 2.05) is 44.9 Å². The van der Waals surface area contributed by atoms with Crippen LogP contribution in [0.5, 0.6) is 0 Å². The summed E-state index contributed by atoms with van der Waals surface area (Å²) in [5.41, 5.74) is 3.76.